The van der Waals surface area contributed by atoms with E-state index in [4.69, 9.17) is 43.6 Å². The Morgan fingerprint density at radius 3 is 2.47 bits per heavy atom. The molecule has 8 heteroatoms. The number of benzene rings is 3. The van der Waals surface area contributed by atoms with Crippen LogP contribution in [0.4, 0.5) is 5.69 Å². The molecule has 0 aliphatic carbocycles. The number of carbonyl (C=O) groups excluding carboxylic acids is 1. The number of carbonyl (C=O) groups is 1. The molecule has 0 bridgehead atoms. The zero-order chi connectivity index (χ0) is 23.8. The van der Waals surface area contributed by atoms with Gasteiger partial charge in [0.1, 0.15) is 11.3 Å². The van der Waals surface area contributed by atoms with Crippen LogP contribution in [0.15, 0.2) is 75.6 Å². The Morgan fingerprint density at radius 1 is 0.912 bits per heavy atom. The minimum atomic E-state index is -0.345. The van der Waals surface area contributed by atoms with E-state index in [2.05, 4.69) is 10.3 Å². The summed E-state index contributed by atoms with van der Waals surface area (Å²) in [5, 5.41) is 4.41. The Labute approximate surface area is 210 Å². The maximum atomic E-state index is 12.6. The fourth-order valence-electron chi connectivity index (χ4n) is 3.52. The molecule has 0 spiro atoms. The summed E-state index contributed by atoms with van der Waals surface area (Å²) in [5.41, 5.74) is 4.50. The van der Waals surface area contributed by atoms with Gasteiger partial charge in [-0.25, -0.2) is 4.98 Å². The average molecular weight is 512 g/mol. The molecular formula is C26H17Cl3N2O3. The number of fused-ring (bicyclic) bond motifs is 1. The molecular weight excluding hydrogens is 495 g/mol. The quantitative estimate of drug-likeness (QED) is 0.258. The van der Waals surface area contributed by atoms with Crippen LogP contribution in [0.2, 0.25) is 15.1 Å². The van der Waals surface area contributed by atoms with Gasteiger partial charge in [0.25, 0.3) is 5.91 Å². The third-order valence-corrected chi connectivity index (χ3v) is 6.21. The number of nitrogens with zero attached hydrogens (tertiary/aromatic N) is 1. The molecule has 0 saturated heterocycles. The van der Waals surface area contributed by atoms with Gasteiger partial charge in [-0.3, -0.25) is 4.79 Å². The van der Waals surface area contributed by atoms with E-state index < -0.39 is 0 Å². The van der Waals surface area contributed by atoms with Crippen molar-refractivity contribution >= 4 is 57.5 Å². The van der Waals surface area contributed by atoms with E-state index in [1.807, 2.05) is 49.4 Å². The second kappa shape index (κ2) is 9.18. The van der Waals surface area contributed by atoms with Crippen molar-refractivity contribution in [1.29, 1.82) is 0 Å². The molecule has 0 fully saturated rings. The second-order valence-electron chi connectivity index (χ2n) is 7.80. The van der Waals surface area contributed by atoms with Crippen LogP contribution in [0, 0.1) is 6.92 Å². The fourth-order valence-corrected chi connectivity index (χ4v) is 4.22. The van der Waals surface area contributed by atoms with Gasteiger partial charge < -0.3 is 14.2 Å². The summed E-state index contributed by atoms with van der Waals surface area (Å²) in [6, 6.07) is 19.7. The first-order valence-electron chi connectivity index (χ1n) is 10.4. The number of rotatable bonds is 5. The Balaban J connectivity index is 1.26. The van der Waals surface area contributed by atoms with Gasteiger partial charge in [-0.15, -0.1) is 0 Å². The molecule has 2 heterocycles. The lowest BCUT2D eigenvalue weighted by Gasteiger charge is -2.05. The first kappa shape index (κ1) is 22.5. The molecule has 170 valence electrons. The fraction of sp³-hybridized carbons (Fsp3) is 0.0769. The van der Waals surface area contributed by atoms with Gasteiger partial charge in [-0.2, -0.15) is 0 Å². The molecule has 0 aliphatic heterocycles. The largest absolute Gasteiger partial charge is 0.451 e. The molecule has 0 atom stereocenters. The lowest BCUT2D eigenvalue weighted by atomic mass is 10.1. The van der Waals surface area contributed by atoms with Crippen molar-refractivity contribution < 1.29 is 13.6 Å². The van der Waals surface area contributed by atoms with Crippen molar-refractivity contribution in [2.75, 3.05) is 5.32 Å². The van der Waals surface area contributed by atoms with Gasteiger partial charge in [-0.05, 0) is 60.5 Å². The van der Waals surface area contributed by atoms with Crippen molar-refractivity contribution in [3.63, 3.8) is 0 Å². The van der Waals surface area contributed by atoms with Crippen molar-refractivity contribution in [2.24, 2.45) is 0 Å². The van der Waals surface area contributed by atoms with Gasteiger partial charge in [0, 0.05) is 27.7 Å². The third-order valence-electron chi connectivity index (χ3n) is 5.31. The number of aryl methyl sites for hydroxylation is 1. The molecule has 5 nitrogen and oxygen atoms in total. The highest BCUT2D eigenvalue weighted by Gasteiger charge is 2.14. The van der Waals surface area contributed by atoms with E-state index in [1.54, 1.807) is 24.3 Å². The van der Waals surface area contributed by atoms with E-state index in [9.17, 15) is 4.79 Å². The van der Waals surface area contributed by atoms with Crippen LogP contribution in [0.3, 0.4) is 0 Å². The number of hydrogen-bond donors (Lipinski definition) is 1. The molecule has 1 amide bonds. The van der Waals surface area contributed by atoms with Crippen LogP contribution >= 0.6 is 34.8 Å². The minimum Gasteiger partial charge on any atom is -0.451 e. The van der Waals surface area contributed by atoms with Crippen molar-refractivity contribution in [3.8, 4) is 11.3 Å². The Hall–Kier alpha value is -3.25. The molecule has 5 aromatic rings. The SMILES string of the molecule is Cc1ccc(-c2ccc(C(=O)Nc3ccc(Cc4nc5cc(Cl)cc(Cl)c5o4)cc3)o2)cc1Cl. The van der Waals surface area contributed by atoms with Crippen molar-refractivity contribution in [2.45, 2.75) is 13.3 Å². The maximum absolute atomic E-state index is 12.6. The molecule has 0 saturated carbocycles. The number of furan rings is 1. The van der Waals surface area contributed by atoms with Crippen molar-refractivity contribution in [3.05, 3.63) is 105 Å². The molecule has 0 unspecified atom stereocenters. The summed E-state index contributed by atoms with van der Waals surface area (Å²) >= 11 is 18.4. The third kappa shape index (κ3) is 4.68. The van der Waals surface area contributed by atoms with Gasteiger partial charge in [0.05, 0.1) is 5.02 Å². The number of nitrogens with one attached hydrogen (secondary N) is 1. The summed E-state index contributed by atoms with van der Waals surface area (Å²) in [6.07, 6.45) is 0.470. The maximum Gasteiger partial charge on any atom is 0.291 e. The smallest absolute Gasteiger partial charge is 0.291 e. The van der Waals surface area contributed by atoms with Crippen LogP contribution in [-0.2, 0) is 6.42 Å². The number of halogens is 3. The van der Waals surface area contributed by atoms with Gasteiger partial charge in [0.2, 0.25) is 0 Å². The normalized spacial score (nSPS) is 11.2. The summed E-state index contributed by atoms with van der Waals surface area (Å²) in [5.74, 6) is 0.956. The highest BCUT2D eigenvalue weighted by atomic mass is 35.5. The number of oxazole rings is 1. The van der Waals surface area contributed by atoms with Gasteiger partial charge in [-0.1, -0.05) is 59.1 Å². The van der Waals surface area contributed by atoms with E-state index in [0.29, 0.717) is 49.9 Å². The van der Waals surface area contributed by atoms with Crippen LogP contribution in [0.1, 0.15) is 27.6 Å². The lowest BCUT2D eigenvalue weighted by molar-refractivity contribution is 0.0997. The number of hydrogen-bond acceptors (Lipinski definition) is 4. The van der Waals surface area contributed by atoms with E-state index in [0.717, 1.165) is 16.7 Å². The van der Waals surface area contributed by atoms with Crippen LogP contribution in [0.5, 0.6) is 0 Å². The minimum absolute atomic E-state index is 0.206. The monoisotopic (exact) mass is 510 g/mol. The molecule has 3 aromatic carbocycles. The number of amides is 1. The second-order valence-corrected chi connectivity index (χ2v) is 9.05. The first-order chi connectivity index (χ1) is 16.4. The summed E-state index contributed by atoms with van der Waals surface area (Å²) in [7, 11) is 0. The predicted octanol–water partition coefficient (Wildman–Crippen LogP) is 8.20. The lowest BCUT2D eigenvalue weighted by Crippen LogP contribution is -2.10. The molecule has 0 aliphatic rings. The Morgan fingerprint density at radius 2 is 1.71 bits per heavy atom. The van der Waals surface area contributed by atoms with Gasteiger partial charge in [0.15, 0.2) is 17.2 Å². The Kier molecular flexibility index (Phi) is 6.09. The summed E-state index contributed by atoms with van der Waals surface area (Å²) in [6.45, 7) is 1.93. The summed E-state index contributed by atoms with van der Waals surface area (Å²) < 4.78 is 11.5. The van der Waals surface area contributed by atoms with E-state index in [-0.39, 0.29) is 11.7 Å². The van der Waals surface area contributed by atoms with Crippen LogP contribution < -0.4 is 5.32 Å². The van der Waals surface area contributed by atoms with Crippen LogP contribution in [0.25, 0.3) is 22.4 Å². The number of anilines is 1. The van der Waals surface area contributed by atoms with Crippen molar-refractivity contribution in [1.82, 2.24) is 4.98 Å². The number of aromatic nitrogens is 1. The zero-order valence-corrected chi connectivity index (χ0v) is 20.1. The van der Waals surface area contributed by atoms with Gasteiger partial charge >= 0.3 is 0 Å². The molecule has 0 radical (unpaired) electrons. The van der Waals surface area contributed by atoms with E-state index in [1.165, 1.54) is 0 Å². The van der Waals surface area contributed by atoms with E-state index >= 15 is 0 Å². The standard InChI is InChI=1S/C26H17Cl3N2O3/c1-14-2-5-16(11-19(14)28)22-8-9-23(33-22)26(32)30-18-6-3-15(4-7-18)10-24-31-21-13-17(27)12-20(29)25(21)34-24/h2-9,11-13H,10H2,1H3,(H,30,32). The molecule has 2 aromatic heterocycles. The molecule has 34 heavy (non-hydrogen) atoms. The summed E-state index contributed by atoms with van der Waals surface area (Å²) in [4.78, 5) is 17.1. The predicted molar refractivity (Wildman–Crippen MR) is 135 cm³/mol. The van der Waals surface area contributed by atoms with Crippen LogP contribution in [-0.4, -0.2) is 10.9 Å². The molecule has 5 rings (SSSR count). The highest BCUT2D eigenvalue weighted by Crippen LogP contribution is 2.30. The highest BCUT2D eigenvalue weighted by molar-refractivity contribution is 6.38. The Bertz CT molecular complexity index is 1520. The zero-order valence-electron chi connectivity index (χ0n) is 17.9. The average Bonchev–Trinajstić information content (AvgIpc) is 3.44. The first-order valence-corrected chi connectivity index (χ1v) is 11.5. The topological polar surface area (TPSA) is 68.3 Å². The molecule has 1 N–H and O–H groups in total.